The maximum Gasteiger partial charge on any atom is 0.309 e. The molecule has 2 nitrogen and oxygen atoms in total. The Morgan fingerprint density at radius 1 is 0.905 bits per heavy atom. The van der Waals surface area contributed by atoms with Crippen molar-refractivity contribution in [2.45, 2.75) is 26.9 Å². The summed E-state index contributed by atoms with van der Waals surface area (Å²) in [6.07, 6.45) is 0.728. The second kappa shape index (κ2) is 7.63. The number of rotatable bonds is 6. The number of carbonyl (C=O) groups excluding carboxylic acids is 1. The van der Waals surface area contributed by atoms with Gasteiger partial charge in [0, 0.05) is 0 Å². The van der Waals surface area contributed by atoms with E-state index in [1.54, 1.807) is 0 Å². The highest BCUT2D eigenvalue weighted by molar-refractivity contribution is 5.73. The molecule has 2 aromatic carbocycles. The molecule has 0 radical (unpaired) electrons. The highest BCUT2D eigenvalue weighted by atomic mass is 16.5. The summed E-state index contributed by atoms with van der Waals surface area (Å²) < 4.78 is 5.48. The number of ether oxygens (including phenoxy) is 1. The van der Waals surface area contributed by atoms with Gasteiger partial charge in [0.25, 0.3) is 0 Å². The maximum atomic E-state index is 12.3. The Labute approximate surface area is 126 Å². The van der Waals surface area contributed by atoms with Gasteiger partial charge in [-0.3, -0.25) is 4.79 Å². The molecule has 0 heterocycles. The molecule has 2 rings (SSSR count). The third kappa shape index (κ3) is 4.75. The largest absolute Gasteiger partial charge is 0.461 e. The van der Waals surface area contributed by atoms with E-state index in [1.165, 1.54) is 5.56 Å². The Morgan fingerprint density at radius 3 is 1.95 bits per heavy atom. The van der Waals surface area contributed by atoms with Crippen molar-refractivity contribution >= 4 is 5.97 Å². The average molecular weight is 282 g/mol. The minimum atomic E-state index is -0.113. The van der Waals surface area contributed by atoms with Crippen LogP contribution in [0.5, 0.6) is 0 Å². The molecule has 21 heavy (non-hydrogen) atoms. The van der Waals surface area contributed by atoms with Crippen LogP contribution in [0.1, 0.15) is 25.0 Å². The van der Waals surface area contributed by atoms with Gasteiger partial charge in [-0.25, -0.2) is 0 Å². The van der Waals surface area contributed by atoms with Crippen LogP contribution in [0, 0.1) is 11.8 Å². The van der Waals surface area contributed by atoms with Crippen LogP contribution in [0.4, 0.5) is 0 Å². The Kier molecular flexibility index (Phi) is 5.56. The van der Waals surface area contributed by atoms with E-state index in [4.69, 9.17) is 4.74 Å². The van der Waals surface area contributed by atoms with Crippen molar-refractivity contribution in [3.05, 3.63) is 71.8 Å². The van der Waals surface area contributed by atoms with Gasteiger partial charge < -0.3 is 4.74 Å². The summed E-state index contributed by atoms with van der Waals surface area (Å²) in [6.45, 7) is 4.48. The topological polar surface area (TPSA) is 26.3 Å². The van der Waals surface area contributed by atoms with Gasteiger partial charge in [-0.05, 0) is 23.5 Å². The smallest absolute Gasteiger partial charge is 0.309 e. The molecule has 0 saturated carbocycles. The van der Waals surface area contributed by atoms with E-state index < -0.39 is 0 Å². The van der Waals surface area contributed by atoms with Crippen LogP contribution in [0.15, 0.2) is 60.7 Å². The Morgan fingerprint density at radius 2 is 1.43 bits per heavy atom. The summed E-state index contributed by atoms with van der Waals surface area (Å²) in [4.78, 5) is 12.3. The zero-order valence-electron chi connectivity index (χ0n) is 12.7. The summed E-state index contributed by atoms with van der Waals surface area (Å²) in [5.74, 6) is 0.0438. The highest BCUT2D eigenvalue weighted by Crippen LogP contribution is 2.19. The first-order valence-electron chi connectivity index (χ1n) is 7.41. The van der Waals surface area contributed by atoms with E-state index >= 15 is 0 Å². The van der Waals surface area contributed by atoms with Gasteiger partial charge in [-0.15, -0.1) is 0 Å². The van der Waals surface area contributed by atoms with Gasteiger partial charge in [0.15, 0.2) is 0 Å². The molecule has 0 aliphatic carbocycles. The van der Waals surface area contributed by atoms with E-state index in [0.29, 0.717) is 6.61 Å². The number of carbonyl (C=O) groups is 1. The highest BCUT2D eigenvalue weighted by Gasteiger charge is 2.24. The predicted octanol–water partition coefficient (Wildman–Crippen LogP) is 4.24. The minimum Gasteiger partial charge on any atom is -0.461 e. The molecule has 0 bridgehead atoms. The van der Waals surface area contributed by atoms with Crippen molar-refractivity contribution in [2.24, 2.45) is 11.8 Å². The summed E-state index contributed by atoms with van der Waals surface area (Å²) in [7, 11) is 0. The standard InChI is InChI=1S/C19H22O2/c1-15(2)18(13-16-9-5-3-6-10-16)19(20)21-14-17-11-7-4-8-12-17/h3-12,15,18H,13-14H2,1-2H3. The van der Waals surface area contributed by atoms with Gasteiger partial charge in [0.1, 0.15) is 6.61 Å². The van der Waals surface area contributed by atoms with Crippen LogP contribution in [-0.2, 0) is 22.6 Å². The second-order valence-electron chi connectivity index (χ2n) is 5.63. The summed E-state index contributed by atoms with van der Waals surface area (Å²) in [5, 5.41) is 0. The lowest BCUT2D eigenvalue weighted by atomic mass is 9.89. The van der Waals surface area contributed by atoms with Crippen LogP contribution in [0.2, 0.25) is 0 Å². The predicted molar refractivity (Wildman–Crippen MR) is 84.7 cm³/mol. The number of hydrogen-bond acceptors (Lipinski definition) is 2. The van der Waals surface area contributed by atoms with Crippen molar-refractivity contribution in [3.8, 4) is 0 Å². The summed E-state index contributed by atoms with van der Waals surface area (Å²) in [5.41, 5.74) is 2.20. The first-order valence-corrected chi connectivity index (χ1v) is 7.41. The second-order valence-corrected chi connectivity index (χ2v) is 5.63. The molecule has 0 spiro atoms. The molecular formula is C19H22O2. The van der Waals surface area contributed by atoms with Crippen LogP contribution >= 0.6 is 0 Å². The molecule has 0 N–H and O–H groups in total. The molecule has 0 aromatic heterocycles. The number of benzene rings is 2. The van der Waals surface area contributed by atoms with Gasteiger partial charge in [0.2, 0.25) is 0 Å². The molecule has 1 atom stereocenters. The summed E-state index contributed by atoms with van der Waals surface area (Å²) in [6, 6.07) is 19.9. The molecule has 0 saturated heterocycles. The van der Waals surface area contributed by atoms with E-state index in [2.05, 4.69) is 26.0 Å². The monoisotopic (exact) mass is 282 g/mol. The fourth-order valence-electron chi connectivity index (χ4n) is 2.29. The Bertz CT molecular complexity index is 546. The zero-order chi connectivity index (χ0) is 15.1. The van der Waals surface area contributed by atoms with Crippen molar-refractivity contribution in [2.75, 3.05) is 0 Å². The molecule has 2 heteroatoms. The fourth-order valence-corrected chi connectivity index (χ4v) is 2.29. The van der Waals surface area contributed by atoms with Crippen molar-refractivity contribution in [1.82, 2.24) is 0 Å². The first-order chi connectivity index (χ1) is 10.2. The molecule has 0 aliphatic heterocycles. The minimum absolute atomic E-state index is 0.101. The van der Waals surface area contributed by atoms with E-state index in [-0.39, 0.29) is 17.8 Å². The first kappa shape index (κ1) is 15.3. The molecule has 0 amide bonds. The lowest BCUT2D eigenvalue weighted by molar-refractivity contribution is -0.151. The Balaban J connectivity index is 1.96. The van der Waals surface area contributed by atoms with Crippen LogP contribution in [0.3, 0.4) is 0 Å². The average Bonchev–Trinajstić information content (AvgIpc) is 2.52. The van der Waals surface area contributed by atoms with Crippen LogP contribution in [-0.4, -0.2) is 5.97 Å². The molecule has 0 fully saturated rings. The lowest BCUT2D eigenvalue weighted by Crippen LogP contribution is -2.25. The third-order valence-electron chi connectivity index (χ3n) is 3.63. The quantitative estimate of drug-likeness (QED) is 0.741. The number of hydrogen-bond donors (Lipinski definition) is 0. The molecule has 110 valence electrons. The number of esters is 1. The van der Waals surface area contributed by atoms with Gasteiger partial charge in [-0.1, -0.05) is 74.5 Å². The van der Waals surface area contributed by atoms with Crippen molar-refractivity contribution in [1.29, 1.82) is 0 Å². The van der Waals surface area contributed by atoms with E-state index in [9.17, 15) is 4.79 Å². The normalized spacial score (nSPS) is 12.1. The maximum absolute atomic E-state index is 12.3. The fraction of sp³-hybridized carbons (Fsp3) is 0.316. The van der Waals surface area contributed by atoms with Crippen LogP contribution < -0.4 is 0 Å². The zero-order valence-corrected chi connectivity index (χ0v) is 12.7. The van der Waals surface area contributed by atoms with Crippen molar-refractivity contribution < 1.29 is 9.53 Å². The van der Waals surface area contributed by atoms with Crippen molar-refractivity contribution in [3.63, 3.8) is 0 Å². The van der Waals surface area contributed by atoms with Crippen LogP contribution in [0.25, 0.3) is 0 Å². The van der Waals surface area contributed by atoms with E-state index in [1.807, 2.05) is 48.5 Å². The van der Waals surface area contributed by atoms with Gasteiger partial charge >= 0.3 is 5.97 Å². The lowest BCUT2D eigenvalue weighted by Gasteiger charge is -2.19. The third-order valence-corrected chi connectivity index (χ3v) is 3.63. The molecule has 2 aromatic rings. The molecule has 0 aliphatic rings. The van der Waals surface area contributed by atoms with Gasteiger partial charge in [-0.2, -0.15) is 0 Å². The molecule has 1 unspecified atom stereocenters. The molecular weight excluding hydrogens is 260 g/mol. The van der Waals surface area contributed by atoms with Gasteiger partial charge in [0.05, 0.1) is 5.92 Å². The van der Waals surface area contributed by atoms with E-state index in [0.717, 1.165) is 12.0 Å². The SMILES string of the molecule is CC(C)C(Cc1ccccc1)C(=O)OCc1ccccc1. The summed E-state index contributed by atoms with van der Waals surface area (Å²) >= 11 is 0. The Hall–Kier alpha value is -2.09.